The molecule has 0 aliphatic heterocycles. The highest BCUT2D eigenvalue weighted by atomic mass is 16.4. The molecule has 7 N–H and O–H groups in total. The Balaban J connectivity index is 4.82. The Hall–Kier alpha value is -3.31. The number of nitrogens with two attached hydrogens (primary N) is 2. The predicted octanol–water partition coefficient (Wildman–Crippen LogP) is -0.415. The second-order valence-corrected chi connectivity index (χ2v) is 6.55. The summed E-state index contributed by atoms with van der Waals surface area (Å²) in [5.41, 5.74) is 10.4. The van der Waals surface area contributed by atoms with Crippen LogP contribution >= 0.6 is 0 Å². The van der Waals surface area contributed by atoms with E-state index in [1.807, 2.05) is 0 Å². The third-order valence-electron chi connectivity index (χ3n) is 3.77. The zero-order valence-electron chi connectivity index (χ0n) is 16.5. The first kappa shape index (κ1) is 25.7. The Bertz CT molecular complexity index is 657. The number of hydrogen-bond acceptors (Lipinski definition) is 6. The van der Waals surface area contributed by atoms with Crippen LogP contribution in [0.4, 0.5) is 0 Å². The van der Waals surface area contributed by atoms with Crippen LogP contribution in [0.3, 0.4) is 0 Å². The van der Waals surface area contributed by atoms with E-state index in [9.17, 15) is 24.1 Å². The number of amides is 3. The van der Waals surface area contributed by atoms with Crippen LogP contribution in [0.5, 0.6) is 0 Å². The number of carboxylic acid groups (broad SMARTS) is 1. The Labute approximate surface area is 168 Å². The molecule has 0 aliphatic rings. The molecule has 29 heavy (non-hydrogen) atoms. The fraction of sp³-hybridized carbons (Fsp3) is 0.588. The van der Waals surface area contributed by atoms with Crippen LogP contribution in [0.2, 0.25) is 0 Å². The summed E-state index contributed by atoms with van der Waals surface area (Å²) in [6.07, 6.45) is 2.82. The van der Waals surface area contributed by atoms with E-state index < -0.39 is 42.1 Å². The normalized spacial score (nSPS) is 12.8. The Morgan fingerprint density at radius 1 is 1.14 bits per heavy atom. The zero-order chi connectivity index (χ0) is 22.4. The lowest BCUT2D eigenvalue weighted by Gasteiger charge is -2.16. The van der Waals surface area contributed by atoms with Crippen molar-refractivity contribution in [1.29, 1.82) is 0 Å². The molecule has 2 atom stereocenters. The van der Waals surface area contributed by atoms with E-state index in [0.717, 1.165) is 6.20 Å². The van der Waals surface area contributed by atoms with Gasteiger partial charge in [-0.2, -0.15) is 0 Å². The molecular weight excluding hydrogens is 384 g/mol. The van der Waals surface area contributed by atoms with Crippen LogP contribution in [0.25, 0.3) is 0 Å². The van der Waals surface area contributed by atoms with Gasteiger partial charge in [0.1, 0.15) is 6.04 Å². The first-order valence-electron chi connectivity index (χ1n) is 8.99. The quantitative estimate of drug-likeness (QED) is 0.116. The molecule has 3 amide bonds. The molecule has 0 fully saturated rings. The minimum absolute atomic E-state index is 0.0523. The Morgan fingerprint density at radius 3 is 2.31 bits per heavy atom. The maximum absolute atomic E-state index is 12.2. The van der Waals surface area contributed by atoms with Gasteiger partial charge in [0.25, 0.3) is 5.91 Å². The summed E-state index contributed by atoms with van der Waals surface area (Å²) in [5, 5.41) is 16.0. The Kier molecular flexibility index (Phi) is 12.2. The molecule has 0 aliphatic carbocycles. The zero-order valence-corrected chi connectivity index (χ0v) is 16.5. The van der Waals surface area contributed by atoms with Gasteiger partial charge in [0, 0.05) is 24.3 Å². The number of aliphatic carboxylic acids is 1. The highest BCUT2D eigenvalue weighted by Gasteiger charge is 2.24. The van der Waals surface area contributed by atoms with Crippen LogP contribution < -0.4 is 22.1 Å². The van der Waals surface area contributed by atoms with Gasteiger partial charge in [0.05, 0.1) is 12.3 Å². The van der Waals surface area contributed by atoms with E-state index in [1.165, 1.54) is 6.08 Å². The minimum Gasteiger partial charge on any atom is -0.481 e. The van der Waals surface area contributed by atoms with Crippen molar-refractivity contribution in [2.24, 2.45) is 33.5 Å². The summed E-state index contributed by atoms with van der Waals surface area (Å²) in [7, 11) is 0. The number of hydrogen-bond donors (Lipinski definition) is 5. The van der Waals surface area contributed by atoms with E-state index >= 15 is 0 Å². The lowest BCUT2D eigenvalue weighted by molar-refractivity contribution is -0.141. The van der Waals surface area contributed by atoms with Gasteiger partial charge >= 0.3 is 5.97 Å². The SMILES string of the molecule is CC(C)C(/C=C/NC(=O)C(CC(=O)N=O)NC(=O)CCCCN=C(N)N)C(=O)O. The molecule has 0 rings (SSSR count). The number of nitroso groups, excluding NO2 is 1. The first-order valence-corrected chi connectivity index (χ1v) is 8.99. The second-order valence-electron chi connectivity index (χ2n) is 6.55. The molecule has 0 aromatic heterocycles. The van der Waals surface area contributed by atoms with E-state index in [0.29, 0.717) is 19.4 Å². The monoisotopic (exact) mass is 412 g/mol. The molecule has 0 saturated carbocycles. The van der Waals surface area contributed by atoms with Crippen LogP contribution in [0.15, 0.2) is 22.4 Å². The van der Waals surface area contributed by atoms with Crippen molar-refractivity contribution in [3.8, 4) is 0 Å². The number of carbonyl (C=O) groups excluding carboxylic acids is 3. The maximum Gasteiger partial charge on any atom is 0.310 e. The summed E-state index contributed by atoms with van der Waals surface area (Å²) in [5.74, 6) is -4.54. The van der Waals surface area contributed by atoms with Crippen molar-refractivity contribution in [2.75, 3.05) is 6.54 Å². The number of carboxylic acids is 1. The molecule has 12 heteroatoms. The van der Waals surface area contributed by atoms with Crippen molar-refractivity contribution in [2.45, 2.75) is 45.6 Å². The largest absolute Gasteiger partial charge is 0.481 e. The number of carbonyl (C=O) groups is 4. The maximum atomic E-state index is 12.2. The molecule has 0 bridgehead atoms. The number of nitrogens with one attached hydrogen (secondary N) is 2. The molecular formula is C17H28N6O6. The van der Waals surface area contributed by atoms with Gasteiger partial charge in [-0.15, -0.1) is 4.91 Å². The van der Waals surface area contributed by atoms with E-state index in [1.54, 1.807) is 13.8 Å². The highest BCUT2D eigenvalue weighted by Crippen LogP contribution is 2.12. The van der Waals surface area contributed by atoms with Gasteiger partial charge in [-0.05, 0) is 18.8 Å². The lowest BCUT2D eigenvalue weighted by Crippen LogP contribution is -2.46. The second kappa shape index (κ2) is 13.8. The minimum atomic E-state index is -1.32. The number of aliphatic imine (C=N–C) groups is 1. The van der Waals surface area contributed by atoms with Crippen LogP contribution in [0, 0.1) is 16.7 Å². The molecule has 12 nitrogen and oxygen atoms in total. The smallest absolute Gasteiger partial charge is 0.310 e. The molecule has 0 radical (unpaired) electrons. The fourth-order valence-corrected chi connectivity index (χ4v) is 2.22. The van der Waals surface area contributed by atoms with Gasteiger partial charge in [0.15, 0.2) is 5.96 Å². The topological polar surface area (TPSA) is 206 Å². The van der Waals surface area contributed by atoms with Crippen molar-refractivity contribution in [3.05, 3.63) is 17.2 Å². The van der Waals surface area contributed by atoms with Gasteiger partial charge in [-0.25, -0.2) is 0 Å². The van der Waals surface area contributed by atoms with Crippen LogP contribution in [-0.2, 0) is 19.2 Å². The summed E-state index contributed by atoms with van der Waals surface area (Å²) < 4.78 is 0. The molecule has 0 aromatic carbocycles. The van der Waals surface area contributed by atoms with Gasteiger partial charge < -0.3 is 27.2 Å². The van der Waals surface area contributed by atoms with Crippen molar-refractivity contribution < 1.29 is 24.3 Å². The number of rotatable bonds is 13. The summed E-state index contributed by atoms with van der Waals surface area (Å²) in [4.78, 5) is 60.8. The molecule has 0 aromatic rings. The molecule has 0 heterocycles. The Morgan fingerprint density at radius 2 is 1.79 bits per heavy atom. The van der Waals surface area contributed by atoms with Gasteiger partial charge in [-0.3, -0.25) is 24.2 Å². The standard InChI is InChI=1S/C17H28N6O6/c1-10(2)11(16(27)28)6-8-20-15(26)12(9-14(25)23-29)22-13(24)5-3-4-7-21-17(18)19/h6,8,10-12H,3-5,7,9H2,1-2H3,(H,20,26)(H,22,24)(H,27,28)(H4,18,19,21)/b8-6+. The lowest BCUT2D eigenvalue weighted by atomic mass is 9.96. The van der Waals surface area contributed by atoms with Crippen molar-refractivity contribution in [3.63, 3.8) is 0 Å². The third kappa shape index (κ3) is 11.9. The fourth-order valence-electron chi connectivity index (χ4n) is 2.22. The van der Waals surface area contributed by atoms with E-state index in [-0.39, 0.29) is 18.3 Å². The van der Waals surface area contributed by atoms with Gasteiger partial charge in [0.2, 0.25) is 11.8 Å². The van der Waals surface area contributed by atoms with Gasteiger partial charge in [-0.1, -0.05) is 19.9 Å². The van der Waals surface area contributed by atoms with Crippen molar-refractivity contribution in [1.82, 2.24) is 10.6 Å². The van der Waals surface area contributed by atoms with Crippen molar-refractivity contribution >= 4 is 29.7 Å². The number of guanidine groups is 1. The first-order chi connectivity index (χ1) is 13.6. The highest BCUT2D eigenvalue weighted by molar-refractivity contribution is 5.92. The molecule has 0 saturated heterocycles. The molecule has 2 unspecified atom stereocenters. The average molecular weight is 412 g/mol. The molecule has 162 valence electrons. The number of nitrogens with zero attached hydrogens (tertiary/aromatic N) is 2. The summed E-state index contributed by atoms with van der Waals surface area (Å²) >= 11 is 0. The van der Waals surface area contributed by atoms with E-state index in [2.05, 4.69) is 20.8 Å². The number of unbranched alkanes of at least 4 members (excludes halogenated alkanes) is 1. The summed E-state index contributed by atoms with van der Waals surface area (Å²) in [6, 6.07) is -1.32. The average Bonchev–Trinajstić information content (AvgIpc) is 2.62. The summed E-state index contributed by atoms with van der Waals surface area (Å²) in [6.45, 7) is 3.75. The molecule has 0 spiro atoms. The van der Waals surface area contributed by atoms with Crippen LogP contribution in [-0.4, -0.2) is 47.3 Å². The third-order valence-corrected chi connectivity index (χ3v) is 3.77. The predicted molar refractivity (Wildman–Crippen MR) is 105 cm³/mol. The van der Waals surface area contributed by atoms with Crippen LogP contribution in [0.1, 0.15) is 39.5 Å². The van der Waals surface area contributed by atoms with E-state index in [4.69, 9.17) is 16.6 Å².